The maximum absolute atomic E-state index is 9.25. The van der Waals surface area contributed by atoms with Gasteiger partial charge in [-0.1, -0.05) is 42.5 Å². The Kier molecular flexibility index (Phi) is 4.79. The summed E-state index contributed by atoms with van der Waals surface area (Å²) in [5, 5.41) is 9.25. The Balaban J connectivity index is 1.51. The molecule has 0 unspecified atom stereocenters. The molecule has 0 aromatic heterocycles. The Bertz CT molecular complexity index is 719. The van der Waals surface area contributed by atoms with Crippen molar-refractivity contribution in [3.63, 3.8) is 0 Å². The maximum Gasteiger partial charge on any atom is 0.119 e. The van der Waals surface area contributed by atoms with E-state index in [4.69, 9.17) is 9.47 Å². The number of benzene rings is 3. The summed E-state index contributed by atoms with van der Waals surface area (Å²) in [5.41, 5.74) is 2.10. The van der Waals surface area contributed by atoms with Crippen LogP contribution >= 0.6 is 0 Å². The first kappa shape index (κ1) is 15.0. The minimum Gasteiger partial charge on any atom is -0.508 e. The molecule has 0 heterocycles. The van der Waals surface area contributed by atoms with E-state index in [0.717, 1.165) is 22.6 Å². The van der Waals surface area contributed by atoms with Crippen LogP contribution in [-0.4, -0.2) is 5.11 Å². The van der Waals surface area contributed by atoms with E-state index in [0.29, 0.717) is 13.2 Å². The van der Waals surface area contributed by atoms with Crippen LogP contribution in [0.4, 0.5) is 0 Å². The van der Waals surface area contributed by atoms with Crippen molar-refractivity contribution in [3.05, 3.63) is 90.0 Å². The Morgan fingerprint density at radius 3 is 1.61 bits per heavy atom. The largest absolute Gasteiger partial charge is 0.508 e. The van der Waals surface area contributed by atoms with Gasteiger partial charge in [-0.05, 0) is 47.5 Å². The first-order valence-electron chi connectivity index (χ1n) is 7.47. The Labute approximate surface area is 135 Å². The molecule has 3 aromatic rings. The first-order valence-corrected chi connectivity index (χ1v) is 7.47. The van der Waals surface area contributed by atoms with Crippen molar-refractivity contribution in [2.75, 3.05) is 0 Å². The molecule has 0 atom stereocenters. The summed E-state index contributed by atoms with van der Waals surface area (Å²) in [6.07, 6.45) is 0. The zero-order valence-electron chi connectivity index (χ0n) is 12.7. The SMILES string of the molecule is Oc1ccc(COc2ccc(COc3ccccc3)cc2)cc1. The van der Waals surface area contributed by atoms with E-state index in [1.54, 1.807) is 12.1 Å². The normalized spacial score (nSPS) is 10.3. The Hall–Kier alpha value is -2.94. The second-order valence-corrected chi connectivity index (χ2v) is 5.20. The molecule has 0 radical (unpaired) electrons. The molecule has 3 aromatic carbocycles. The Morgan fingerprint density at radius 2 is 1.04 bits per heavy atom. The lowest BCUT2D eigenvalue weighted by Crippen LogP contribution is -1.97. The van der Waals surface area contributed by atoms with E-state index in [1.165, 1.54) is 0 Å². The molecule has 3 nitrogen and oxygen atoms in total. The van der Waals surface area contributed by atoms with Gasteiger partial charge in [-0.2, -0.15) is 0 Å². The minimum atomic E-state index is 0.261. The average molecular weight is 306 g/mol. The van der Waals surface area contributed by atoms with Crippen LogP contribution in [0.15, 0.2) is 78.9 Å². The molecular weight excluding hydrogens is 288 g/mol. The van der Waals surface area contributed by atoms with E-state index in [-0.39, 0.29) is 5.75 Å². The van der Waals surface area contributed by atoms with Crippen molar-refractivity contribution in [1.29, 1.82) is 0 Å². The molecule has 0 aliphatic rings. The molecule has 0 aliphatic heterocycles. The first-order chi connectivity index (χ1) is 11.3. The molecule has 0 aliphatic carbocycles. The van der Waals surface area contributed by atoms with E-state index >= 15 is 0 Å². The smallest absolute Gasteiger partial charge is 0.119 e. The summed E-state index contributed by atoms with van der Waals surface area (Å²) < 4.78 is 11.4. The molecule has 0 bridgehead atoms. The highest BCUT2D eigenvalue weighted by Crippen LogP contribution is 2.17. The number of phenols is 1. The van der Waals surface area contributed by atoms with Gasteiger partial charge in [0, 0.05) is 0 Å². The summed E-state index contributed by atoms with van der Waals surface area (Å²) in [6.45, 7) is 1.00. The van der Waals surface area contributed by atoms with Crippen LogP contribution in [0.1, 0.15) is 11.1 Å². The third kappa shape index (κ3) is 4.51. The van der Waals surface area contributed by atoms with Crippen LogP contribution in [0.5, 0.6) is 17.2 Å². The van der Waals surface area contributed by atoms with Crippen molar-refractivity contribution in [2.45, 2.75) is 13.2 Å². The zero-order valence-corrected chi connectivity index (χ0v) is 12.7. The molecule has 23 heavy (non-hydrogen) atoms. The number of hydrogen-bond donors (Lipinski definition) is 1. The average Bonchev–Trinajstić information content (AvgIpc) is 2.61. The van der Waals surface area contributed by atoms with Crippen molar-refractivity contribution in [2.24, 2.45) is 0 Å². The van der Waals surface area contributed by atoms with Crippen molar-refractivity contribution >= 4 is 0 Å². The summed E-state index contributed by atoms with van der Waals surface area (Å²) in [4.78, 5) is 0. The third-order valence-electron chi connectivity index (χ3n) is 3.41. The predicted molar refractivity (Wildman–Crippen MR) is 89.7 cm³/mol. The number of aromatic hydroxyl groups is 1. The molecule has 3 heteroatoms. The highest BCUT2D eigenvalue weighted by atomic mass is 16.5. The molecule has 3 rings (SSSR count). The molecule has 0 spiro atoms. The minimum absolute atomic E-state index is 0.261. The maximum atomic E-state index is 9.25. The predicted octanol–water partition coefficient (Wildman–Crippen LogP) is 4.55. The fourth-order valence-electron chi connectivity index (χ4n) is 2.12. The monoisotopic (exact) mass is 306 g/mol. The topological polar surface area (TPSA) is 38.7 Å². The number of para-hydroxylation sites is 1. The lowest BCUT2D eigenvalue weighted by atomic mass is 10.2. The molecule has 0 fully saturated rings. The van der Waals surface area contributed by atoms with Gasteiger partial charge in [-0.25, -0.2) is 0 Å². The van der Waals surface area contributed by atoms with Gasteiger partial charge in [0.25, 0.3) is 0 Å². The molecule has 0 saturated heterocycles. The second kappa shape index (κ2) is 7.36. The summed E-state index contributed by atoms with van der Waals surface area (Å²) in [7, 11) is 0. The molecule has 0 amide bonds. The van der Waals surface area contributed by atoms with Crippen LogP contribution < -0.4 is 9.47 Å². The highest BCUT2D eigenvalue weighted by molar-refractivity contribution is 5.29. The second-order valence-electron chi connectivity index (χ2n) is 5.20. The molecule has 0 saturated carbocycles. The van der Waals surface area contributed by atoms with E-state index in [9.17, 15) is 5.11 Å². The summed E-state index contributed by atoms with van der Waals surface area (Å²) >= 11 is 0. The van der Waals surface area contributed by atoms with Gasteiger partial charge in [-0.15, -0.1) is 0 Å². The number of hydrogen-bond acceptors (Lipinski definition) is 3. The molecule has 1 N–H and O–H groups in total. The fourth-order valence-corrected chi connectivity index (χ4v) is 2.12. The van der Waals surface area contributed by atoms with Gasteiger partial charge in [0.2, 0.25) is 0 Å². The number of ether oxygens (including phenoxy) is 2. The third-order valence-corrected chi connectivity index (χ3v) is 3.41. The lowest BCUT2D eigenvalue weighted by Gasteiger charge is -2.09. The van der Waals surface area contributed by atoms with Gasteiger partial charge >= 0.3 is 0 Å². The van der Waals surface area contributed by atoms with Crippen molar-refractivity contribution < 1.29 is 14.6 Å². The van der Waals surface area contributed by atoms with Gasteiger partial charge in [0.05, 0.1) is 0 Å². The quantitative estimate of drug-likeness (QED) is 0.726. The van der Waals surface area contributed by atoms with Gasteiger partial charge < -0.3 is 14.6 Å². The highest BCUT2D eigenvalue weighted by Gasteiger charge is 1.99. The Morgan fingerprint density at radius 1 is 0.565 bits per heavy atom. The lowest BCUT2D eigenvalue weighted by molar-refractivity contribution is 0.300. The van der Waals surface area contributed by atoms with Crippen LogP contribution in [0.25, 0.3) is 0 Å². The fraction of sp³-hybridized carbons (Fsp3) is 0.100. The van der Waals surface area contributed by atoms with Crippen molar-refractivity contribution in [1.82, 2.24) is 0 Å². The molecular formula is C20H18O3. The van der Waals surface area contributed by atoms with E-state index in [1.807, 2.05) is 66.7 Å². The van der Waals surface area contributed by atoms with Crippen LogP contribution in [0, 0.1) is 0 Å². The summed E-state index contributed by atoms with van der Waals surface area (Å²) in [6, 6.07) is 24.6. The van der Waals surface area contributed by atoms with Crippen LogP contribution in [-0.2, 0) is 13.2 Å². The van der Waals surface area contributed by atoms with Crippen LogP contribution in [0.2, 0.25) is 0 Å². The zero-order chi connectivity index (χ0) is 15.9. The van der Waals surface area contributed by atoms with Gasteiger partial charge in [0.1, 0.15) is 30.5 Å². The summed E-state index contributed by atoms with van der Waals surface area (Å²) in [5.74, 6) is 1.93. The van der Waals surface area contributed by atoms with Gasteiger partial charge in [-0.3, -0.25) is 0 Å². The van der Waals surface area contributed by atoms with Gasteiger partial charge in [0.15, 0.2) is 0 Å². The number of phenolic OH excluding ortho intramolecular Hbond substituents is 1. The molecule has 116 valence electrons. The number of rotatable bonds is 6. The standard InChI is InChI=1S/C20H18O3/c21-18-10-6-16(7-11-18)14-23-20-12-8-17(9-13-20)15-22-19-4-2-1-3-5-19/h1-13,21H,14-15H2. The van der Waals surface area contributed by atoms with E-state index < -0.39 is 0 Å². The van der Waals surface area contributed by atoms with E-state index in [2.05, 4.69) is 0 Å². The van der Waals surface area contributed by atoms with Crippen molar-refractivity contribution in [3.8, 4) is 17.2 Å². The van der Waals surface area contributed by atoms with Crippen LogP contribution in [0.3, 0.4) is 0 Å².